The Morgan fingerprint density at radius 1 is 1.22 bits per heavy atom. The summed E-state index contributed by atoms with van der Waals surface area (Å²) in [5, 5.41) is 3.16. The molecule has 1 aromatic carbocycles. The molecule has 0 spiro atoms. The van der Waals surface area contributed by atoms with Crippen LogP contribution in [-0.4, -0.2) is 18.1 Å². The number of aromatic nitrogens is 1. The molecule has 0 aliphatic carbocycles. The number of thiazole rings is 1. The molecule has 1 aromatic heterocycles. The Morgan fingerprint density at radius 3 is 2.50 bits per heavy atom. The second-order valence-electron chi connectivity index (χ2n) is 4.14. The van der Waals surface area contributed by atoms with Gasteiger partial charge < -0.3 is 5.32 Å². The summed E-state index contributed by atoms with van der Waals surface area (Å²) in [4.78, 5) is 5.17. The molecule has 0 amide bonds. The van der Waals surface area contributed by atoms with Crippen LogP contribution < -0.4 is 5.32 Å². The van der Waals surface area contributed by atoms with Crippen LogP contribution in [0.4, 0.5) is 8.78 Å². The van der Waals surface area contributed by atoms with E-state index in [0.29, 0.717) is 12.0 Å². The standard InChI is InChI=1S/C13H14F2N2S/c1-16-12(6-13-7-17-8-18-13)4-9-2-10(14)5-11(15)3-9/h2-3,5,7-8,12,16H,4,6H2,1H3. The Hall–Kier alpha value is -1.33. The van der Waals surface area contributed by atoms with E-state index in [0.717, 1.165) is 17.4 Å². The molecule has 2 rings (SSSR count). The van der Waals surface area contributed by atoms with Crippen LogP contribution in [0.3, 0.4) is 0 Å². The minimum absolute atomic E-state index is 0.145. The second kappa shape index (κ2) is 6.02. The first-order valence-corrected chi connectivity index (χ1v) is 6.55. The van der Waals surface area contributed by atoms with Gasteiger partial charge in [0.05, 0.1) is 5.51 Å². The number of hydrogen-bond donors (Lipinski definition) is 1. The van der Waals surface area contributed by atoms with Crippen LogP contribution >= 0.6 is 11.3 Å². The fourth-order valence-electron chi connectivity index (χ4n) is 1.88. The first-order chi connectivity index (χ1) is 8.67. The normalized spacial score (nSPS) is 12.6. The molecule has 0 saturated carbocycles. The highest BCUT2D eigenvalue weighted by Crippen LogP contribution is 2.14. The van der Waals surface area contributed by atoms with Gasteiger partial charge in [-0.3, -0.25) is 4.98 Å². The number of hydrogen-bond acceptors (Lipinski definition) is 3. The van der Waals surface area contributed by atoms with Crippen LogP contribution in [0.5, 0.6) is 0 Å². The van der Waals surface area contributed by atoms with Crippen molar-refractivity contribution in [3.63, 3.8) is 0 Å². The zero-order valence-electron chi connectivity index (χ0n) is 9.99. The number of likely N-dealkylation sites (N-methyl/N-ethyl adjacent to an activating group) is 1. The van der Waals surface area contributed by atoms with Crippen LogP contribution in [0.2, 0.25) is 0 Å². The molecule has 0 aliphatic heterocycles. The van der Waals surface area contributed by atoms with Crippen molar-refractivity contribution in [2.45, 2.75) is 18.9 Å². The van der Waals surface area contributed by atoms with Gasteiger partial charge in [-0.25, -0.2) is 8.78 Å². The highest BCUT2D eigenvalue weighted by atomic mass is 32.1. The molecule has 0 radical (unpaired) electrons. The number of nitrogens with one attached hydrogen (secondary N) is 1. The minimum Gasteiger partial charge on any atom is -0.316 e. The molecule has 1 unspecified atom stereocenters. The zero-order chi connectivity index (χ0) is 13.0. The van der Waals surface area contributed by atoms with Gasteiger partial charge in [-0.2, -0.15) is 0 Å². The summed E-state index contributed by atoms with van der Waals surface area (Å²) in [5.41, 5.74) is 2.44. The van der Waals surface area contributed by atoms with Gasteiger partial charge in [0.1, 0.15) is 11.6 Å². The van der Waals surface area contributed by atoms with Crippen molar-refractivity contribution in [3.8, 4) is 0 Å². The van der Waals surface area contributed by atoms with Gasteiger partial charge in [0.25, 0.3) is 0 Å². The molecular weight excluding hydrogens is 254 g/mol. The van der Waals surface area contributed by atoms with Crippen molar-refractivity contribution in [1.82, 2.24) is 10.3 Å². The van der Waals surface area contributed by atoms with Crippen LogP contribution in [0.25, 0.3) is 0 Å². The van der Waals surface area contributed by atoms with Gasteiger partial charge in [0.2, 0.25) is 0 Å². The van der Waals surface area contributed by atoms with E-state index in [-0.39, 0.29) is 6.04 Å². The predicted molar refractivity (Wildman–Crippen MR) is 68.7 cm³/mol. The van der Waals surface area contributed by atoms with Gasteiger partial charge in [-0.1, -0.05) is 0 Å². The summed E-state index contributed by atoms with van der Waals surface area (Å²) in [6, 6.07) is 3.79. The summed E-state index contributed by atoms with van der Waals surface area (Å²) in [7, 11) is 1.85. The van der Waals surface area contributed by atoms with Gasteiger partial charge in [0, 0.05) is 23.2 Å². The van der Waals surface area contributed by atoms with Crippen molar-refractivity contribution in [1.29, 1.82) is 0 Å². The topological polar surface area (TPSA) is 24.9 Å². The van der Waals surface area contributed by atoms with Crippen molar-refractivity contribution in [3.05, 3.63) is 52.0 Å². The van der Waals surface area contributed by atoms with Crippen LogP contribution in [0.15, 0.2) is 29.9 Å². The number of nitrogens with zero attached hydrogens (tertiary/aromatic N) is 1. The summed E-state index contributed by atoms with van der Waals surface area (Å²) in [6.45, 7) is 0. The van der Waals surface area contributed by atoms with Gasteiger partial charge in [-0.15, -0.1) is 11.3 Å². The van der Waals surface area contributed by atoms with Gasteiger partial charge in [-0.05, 0) is 37.6 Å². The summed E-state index contributed by atoms with van der Waals surface area (Å²) in [6.07, 6.45) is 3.21. The molecule has 2 nitrogen and oxygen atoms in total. The smallest absolute Gasteiger partial charge is 0.126 e. The number of rotatable bonds is 5. The largest absolute Gasteiger partial charge is 0.316 e. The summed E-state index contributed by atoms with van der Waals surface area (Å²) >= 11 is 1.58. The molecule has 96 valence electrons. The van der Waals surface area contributed by atoms with Crippen LogP contribution in [0, 0.1) is 11.6 Å². The molecule has 2 aromatic rings. The number of benzene rings is 1. The molecule has 0 saturated heterocycles. The summed E-state index contributed by atoms with van der Waals surface area (Å²) < 4.78 is 26.2. The van der Waals surface area contributed by atoms with E-state index < -0.39 is 11.6 Å². The average molecular weight is 268 g/mol. The lowest BCUT2D eigenvalue weighted by Gasteiger charge is -2.15. The quantitative estimate of drug-likeness (QED) is 0.902. The lowest BCUT2D eigenvalue weighted by Crippen LogP contribution is -2.29. The lowest BCUT2D eigenvalue weighted by atomic mass is 10.0. The van der Waals surface area contributed by atoms with Crippen molar-refractivity contribution >= 4 is 11.3 Å². The van der Waals surface area contributed by atoms with Gasteiger partial charge in [0.15, 0.2) is 0 Å². The van der Waals surface area contributed by atoms with E-state index in [1.807, 2.05) is 13.2 Å². The lowest BCUT2D eigenvalue weighted by molar-refractivity contribution is 0.546. The third-order valence-corrected chi connectivity index (χ3v) is 3.55. The fourth-order valence-corrected chi connectivity index (χ4v) is 2.55. The third kappa shape index (κ3) is 3.58. The highest BCUT2D eigenvalue weighted by Gasteiger charge is 2.11. The number of halogens is 2. The first kappa shape index (κ1) is 13.1. The van der Waals surface area contributed by atoms with E-state index in [1.54, 1.807) is 16.8 Å². The molecule has 0 aliphatic rings. The van der Waals surface area contributed by atoms with Gasteiger partial charge >= 0.3 is 0 Å². The molecule has 5 heteroatoms. The average Bonchev–Trinajstić information content (AvgIpc) is 2.79. The SMILES string of the molecule is CNC(Cc1cc(F)cc(F)c1)Cc1cncs1. The molecule has 18 heavy (non-hydrogen) atoms. The van der Waals surface area contributed by atoms with Crippen molar-refractivity contribution < 1.29 is 8.78 Å². The molecule has 1 atom stereocenters. The minimum atomic E-state index is -0.530. The summed E-state index contributed by atoms with van der Waals surface area (Å²) in [5.74, 6) is -1.06. The Balaban J connectivity index is 2.05. The fraction of sp³-hybridized carbons (Fsp3) is 0.308. The van der Waals surface area contributed by atoms with Crippen LogP contribution in [0.1, 0.15) is 10.4 Å². The monoisotopic (exact) mass is 268 g/mol. The maximum absolute atomic E-state index is 13.1. The third-order valence-electron chi connectivity index (χ3n) is 2.74. The van der Waals surface area contributed by atoms with Crippen molar-refractivity contribution in [2.75, 3.05) is 7.05 Å². The Kier molecular flexibility index (Phi) is 4.38. The molecule has 1 N–H and O–H groups in total. The Bertz CT molecular complexity index is 479. The van der Waals surface area contributed by atoms with Crippen molar-refractivity contribution in [2.24, 2.45) is 0 Å². The zero-order valence-corrected chi connectivity index (χ0v) is 10.8. The maximum Gasteiger partial charge on any atom is 0.126 e. The van der Waals surface area contributed by atoms with E-state index in [1.165, 1.54) is 12.1 Å². The van der Waals surface area contributed by atoms with E-state index in [9.17, 15) is 8.78 Å². The van der Waals surface area contributed by atoms with E-state index >= 15 is 0 Å². The predicted octanol–water partition coefficient (Wildman–Crippen LogP) is 2.79. The van der Waals surface area contributed by atoms with E-state index in [2.05, 4.69) is 10.3 Å². The second-order valence-corrected chi connectivity index (χ2v) is 5.11. The Morgan fingerprint density at radius 2 is 1.94 bits per heavy atom. The first-order valence-electron chi connectivity index (χ1n) is 5.67. The maximum atomic E-state index is 13.1. The highest BCUT2D eigenvalue weighted by molar-refractivity contribution is 7.09. The Labute approximate surface area is 109 Å². The molecule has 0 bridgehead atoms. The molecular formula is C13H14F2N2S. The molecule has 1 heterocycles. The molecule has 0 fully saturated rings. The van der Waals surface area contributed by atoms with E-state index in [4.69, 9.17) is 0 Å². The van der Waals surface area contributed by atoms with Crippen LogP contribution in [-0.2, 0) is 12.8 Å².